The first-order chi connectivity index (χ1) is 8.28. The molecule has 5 heteroatoms. The number of pyridine rings is 1. The maximum absolute atomic E-state index is 5.19. The maximum atomic E-state index is 5.19. The van der Waals surface area contributed by atoms with Crippen molar-refractivity contribution in [3.8, 4) is 0 Å². The zero-order chi connectivity index (χ0) is 12.1. The highest BCUT2D eigenvalue weighted by Gasteiger charge is 2.09. The Morgan fingerprint density at radius 1 is 1.47 bits per heavy atom. The molecule has 90 valence electrons. The predicted octanol–water partition coefficient (Wildman–Crippen LogP) is 1.21. The molecule has 2 aromatic rings. The zero-order valence-electron chi connectivity index (χ0n) is 10.1. The lowest BCUT2D eigenvalue weighted by Gasteiger charge is -2.04. The molecule has 0 aliphatic carbocycles. The van der Waals surface area contributed by atoms with Crippen LogP contribution in [-0.4, -0.2) is 28.2 Å². The van der Waals surface area contributed by atoms with Crippen molar-refractivity contribution in [2.75, 3.05) is 7.05 Å². The topological polar surface area (TPSA) is 63.8 Å². The fourth-order valence-corrected chi connectivity index (χ4v) is 1.49. The summed E-state index contributed by atoms with van der Waals surface area (Å²) in [6, 6.07) is 4.24. The fourth-order valence-electron chi connectivity index (χ4n) is 1.49. The highest BCUT2D eigenvalue weighted by Crippen LogP contribution is 2.06. The monoisotopic (exact) mass is 232 g/mol. The summed E-state index contributed by atoms with van der Waals surface area (Å²) in [5.74, 6) is 1.38. The highest BCUT2D eigenvalue weighted by molar-refractivity contribution is 5.13. The number of rotatable bonds is 5. The summed E-state index contributed by atoms with van der Waals surface area (Å²) in [6.07, 6.45) is 4.97. The molecule has 0 aromatic carbocycles. The normalized spacial score (nSPS) is 12.6. The van der Waals surface area contributed by atoms with E-state index in [0.717, 1.165) is 12.0 Å². The molecule has 0 saturated heterocycles. The molecule has 0 amide bonds. The van der Waals surface area contributed by atoms with E-state index in [1.807, 2.05) is 25.4 Å². The third-order valence-electron chi connectivity index (χ3n) is 2.57. The van der Waals surface area contributed by atoms with Crippen LogP contribution in [0.3, 0.4) is 0 Å². The minimum Gasteiger partial charge on any atom is -0.339 e. The van der Waals surface area contributed by atoms with E-state index >= 15 is 0 Å². The van der Waals surface area contributed by atoms with E-state index in [1.165, 1.54) is 0 Å². The van der Waals surface area contributed by atoms with Crippen molar-refractivity contribution in [3.63, 3.8) is 0 Å². The Balaban J connectivity index is 1.99. The van der Waals surface area contributed by atoms with Gasteiger partial charge in [0.1, 0.15) is 0 Å². The number of nitrogens with zero attached hydrogens (tertiary/aromatic N) is 3. The summed E-state index contributed by atoms with van der Waals surface area (Å²) >= 11 is 0. The van der Waals surface area contributed by atoms with Gasteiger partial charge in [0.05, 0.1) is 0 Å². The molecule has 1 atom stereocenters. The van der Waals surface area contributed by atoms with Crippen LogP contribution in [0.25, 0.3) is 0 Å². The van der Waals surface area contributed by atoms with E-state index < -0.39 is 0 Å². The molecule has 17 heavy (non-hydrogen) atoms. The zero-order valence-corrected chi connectivity index (χ0v) is 10.1. The van der Waals surface area contributed by atoms with E-state index in [-0.39, 0.29) is 0 Å². The van der Waals surface area contributed by atoms with Crippen LogP contribution in [0, 0.1) is 0 Å². The van der Waals surface area contributed by atoms with Gasteiger partial charge in [-0.3, -0.25) is 4.98 Å². The largest absolute Gasteiger partial charge is 0.339 e. The molecule has 0 fully saturated rings. The van der Waals surface area contributed by atoms with Crippen molar-refractivity contribution in [1.82, 2.24) is 20.4 Å². The fraction of sp³-hybridized carbons (Fsp3) is 0.417. The maximum Gasteiger partial charge on any atom is 0.228 e. The van der Waals surface area contributed by atoms with Gasteiger partial charge in [-0.15, -0.1) is 0 Å². The highest BCUT2D eigenvalue weighted by atomic mass is 16.5. The molecular formula is C12H16N4O. The van der Waals surface area contributed by atoms with Gasteiger partial charge in [0.15, 0.2) is 5.82 Å². The van der Waals surface area contributed by atoms with Crippen LogP contribution >= 0.6 is 0 Å². The summed E-state index contributed by atoms with van der Waals surface area (Å²) < 4.78 is 5.19. The van der Waals surface area contributed by atoms with E-state index in [4.69, 9.17) is 4.52 Å². The molecule has 0 aliphatic heterocycles. The number of hydrogen-bond donors (Lipinski definition) is 1. The Hall–Kier alpha value is -1.75. The lowest BCUT2D eigenvalue weighted by Crippen LogP contribution is -2.23. The van der Waals surface area contributed by atoms with Crippen molar-refractivity contribution in [1.29, 1.82) is 0 Å². The van der Waals surface area contributed by atoms with Gasteiger partial charge in [-0.1, -0.05) is 11.2 Å². The van der Waals surface area contributed by atoms with Gasteiger partial charge in [-0.05, 0) is 25.6 Å². The van der Waals surface area contributed by atoms with Crippen LogP contribution in [0.1, 0.15) is 24.2 Å². The summed E-state index contributed by atoms with van der Waals surface area (Å²) in [7, 11) is 1.91. The molecule has 2 aromatic heterocycles. The molecule has 2 heterocycles. The average Bonchev–Trinajstić information content (AvgIpc) is 2.77. The van der Waals surface area contributed by atoms with Crippen molar-refractivity contribution >= 4 is 0 Å². The number of hydrogen-bond acceptors (Lipinski definition) is 5. The number of nitrogens with one attached hydrogen (secondary N) is 1. The molecule has 0 saturated carbocycles. The van der Waals surface area contributed by atoms with E-state index in [9.17, 15) is 0 Å². The number of aromatic nitrogens is 3. The second-order valence-corrected chi connectivity index (χ2v) is 4.04. The SMILES string of the molecule is CNC(C)Cc1nc(Cc2cccnc2)no1. The molecule has 0 aliphatic rings. The van der Waals surface area contributed by atoms with Crippen LogP contribution in [0.15, 0.2) is 29.0 Å². The van der Waals surface area contributed by atoms with Crippen LogP contribution in [0.4, 0.5) is 0 Å². The first kappa shape index (κ1) is 11.7. The summed E-state index contributed by atoms with van der Waals surface area (Å²) in [5, 5.41) is 7.09. The lowest BCUT2D eigenvalue weighted by molar-refractivity contribution is 0.361. The van der Waals surface area contributed by atoms with E-state index in [0.29, 0.717) is 24.2 Å². The van der Waals surface area contributed by atoms with Gasteiger partial charge >= 0.3 is 0 Å². The number of likely N-dealkylation sites (N-methyl/N-ethyl adjacent to an activating group) is 1. The molecule has 0 bridgehead atoms. The standard InChI is InChI=1S/C12H16N4O/c1-9(13-2)6-12-15-11(16-17-12)7-10-4-3-5-14-8-10/h3-5,8-9,13H,6-7H2,1-2H3. The average molecular weight is 232 g/mol. The molecule has 0 spiro atoms. The van der Waals surface area contributed by atoms with Gasteiger partial charge in [-0.2, -0.15) is 4.98 Å². The van der Waals surface area contributed by atoms with Crippen molar-refractivity contribution < 1.29 is 4.52 Å². The van der Waals surface area contributed by atoms with E-state index in [2.05, 4.69) is 27.4 Å². The summed E-state index contributed by atoms with van der Waals surface area (Å²) in [4.78, 5) is 8.40. The van der Waals surface area contributed by atoms with Crippen LogP contribution in [-0.2, 0) is 12.8 Å². The van der Waals surface area contributed by atoms with E-state index in [1.54, 1.807) is 6.20 Å². The Kier molecular flexibility index (Phi) is 3.82. The third-order valence-corrected chi connectivity index (χ3v) is 2.57. The van der Waals surface area contributed by atoms with Crippen molar-refractivity contribution in [3.05, 3.63) is 41.8 Å². The van der Waals surface area contributed by atoms with Crippen molar-refractivity contribution in [2.45, 2.75) is 25.8 Å². The van der Waals surface area contributed by atoms with Crippen molar-refractivity contribution in [2.24, 2.45) is 0 Å². The Morgan fingerprint density at radius 2 is 2.35 bits per heavy atom. The second kappa shape index (κ2) is 5.54. The molecule has 2 rings (SSSR count). The molecule has 0 radical (unpaired) electrons. The van der Waals surface area contributed by atoms with Gasteiger partial charge in [-0.25, -0.2) is 0 Å². The first-order valence-corrected chi connectivity index (χ1v) is 5.65. The quantitative estimate of drug-likeness (QED) is 0.839. The summed E-state index contributed by atoms with van der Waals surface area (Å²) in [6.45, 7) is 2.07. The minimum atomic E-state index is 0.335. The van der Waals surface area contributed by atoms with Crippen LogP contribution in [0.2, 0.25) is 0 Å². The van der Waals surface area contributed by atoms with Crippen LogP contribution < -0.4 is 5.32 Å². The van der Waals surface area contributed by atoms with Gasteiger partial charge in [0.2, 0.25) is 5.89 Å². The molecule has 5 nitrogen and oxygen atoms in total. The minimum absolute atomic E-state index is 0.335. The Labute approximate surface area is 100 Å². The summed E-state index contributed by atoms with van der Waals surface area (Å²) in [5.41, 5.74) is 1.08. The van der Waals surface area contributed by atoms with Gasteiger partial charge in [0, 0.05) is 31.3 Å². The second-order valence-electron chi connectivity index (χ2n) is 4.04. The molecule has 1 N–H and O–H groups in total. The smallest absolute Gasteiger partial charge is 0.228 e. The third kappa shape index (κ3) is 3.35. The first-order valence-electron chi connectivity index (χ1n) is 5.65. The van der Waals surface area contributed by atoms with Gasteiger partial charge < -0.3 is 9.84 Å². The molecule has 1 unspecified atom stereocenters. The Morgan fingerprint density at radius 3 is 3.06 bits per heavy atom. The molecular weight excluding hydrogens is 216 g/mol. The Bertz CT molecular complexity index is 455. The lowest BCUT2D eigenvalue weighted by atomic mass is 10.2. The van der Waals surface area contributed by atoms with Gasteiger partial charge in [0.25, 0.3) is 0 Å². The van der Waals surface area contributed by atoms with Crippen LogP contribution in [0.5, 0.6) is 0 Å². The predicted molar refractivity (Wildman–Crippen MR) is 63.6 cm³/mol.